The quantitative estimate of drug-likeness (QED) is 0.0835. The molecule has 30 aliphatic rings. The number of nitrogens with one attached hydrogen (secondary N) is 2. The number of benzene rings is 2. The summed E-state index contributed by atoms with van der Waals surface area (Å²) >= 11 is 0. The van der Waals surface area contributed by atoms with Gasteiger partial charge in [0.05, 0.1) is 50.8 Å². The maximum atomic E-state index is 12.3. The zero-order chi connectivity index (χ0) is 76.6. The van der Waals surface area contributed by atoms with Gasteiger partial charge in [-0.3, -0.25) is 0 Å². The number of hydrogen-bond donors (Lipinski definition) is 26. The minimum Gasteiger partial charge on any atom is -0.478 e. The predicted molar refractivity (Wildman–Crippen MR) is 331 cm³/mol. The molecule has 44 heteroatoms. The molecule has 0 unspecified atom stereocenters. The van der Waals surface area contributed by atoms with Gasteiger partial charge >= 0.3 is 11.9 Å². The van der Waals surface area contributed by atoms with Gasteiger partial charge in [0.1, 0.15) is 195 Å². The van der Waals surface area contributed by atoms with Gasteiger partial charge in [0.15, 0.2) is 50.3 Å². The predicted octanol–water partition coefficient (Wildman–Crippen LogP) is -13.8. The molecule has 0 aliphatic carbocycles. The van der Waals surface area contributed by atoms with E-state index in [1.54, 1.807) is 0 Å². The summed E-state index contributed by atoms with van der Waals surface area (Å²) in [5.41, 5.74) is -0.745. The molecule has 32 rings (SSSR count). The summed E-state index contributed by atoms with van der Waals surface area (Å²) in [6, 6.07) is 10.7. The Hall–Kier alpha value is -4.54. The van der Waals surface area contributed by atoms with E-state index in [4.69, 9.17) is 75.8 Å². The number of ether oxygens (including phenoxy) is 16. The third kappa shape index (κ3) is 16.8. The monoisotopic (exact) mass is 1530 g/mol. The molecule has 2 aromatic carbocycles. The van der Waals surface area contributed by atoms with Crippen molar-refractivity contribution < 1.29 is 208 Å². The molecule has 16 bridgehead atoms. The van der Waals surface area contributed by atoms with Crippen LogP contribution in [0.15, 0.2) is 48.5 Å². The molecule has 0 aromatic heterocycles. The van der Waals surface area contributed by atoms with E-state index < -0.39 is 310 Å². The van der Waals surface area contributed by atoms with Crippen molar-refractivity contribution in [3.8, 4) is 0 Å². The van der Waals surface area contributed by atoms with E-state index in [9.17, 15) is 132 Å². The first kappa shape index (κ1) is 82.4. The number of para-hydroxylation sites is 2. The molecule has 44 nitrogen and oxygen atoms in total. The van der Waals surface area contributed by atoms with Crippen molar-refractivity contribution in [2.75, 3.05) is 63.4 Å². The van der Waals surface area contributed by atoms with Crippen LogP contribution in [0, 0.1) is 0 Å². The number of carboxylic acids is 2. The first-order valence-corrected chi connectivity index (χ1v) is 33.7. The topological polar surface area (TPSA) is 691 Å². The number of rotatable bonds is 14. The minimum atomic E-state index is -2.35. The summed E-state index contributed by atoms with van der Waals surface area (Å²) in [7, 11) is 0. The van der Waals surface area contributed by atoms with E-state index in [0.29, 0.717) is 0 Å². The van der Waals surface area contributed by atoms with Gasteiger partial charge < -0.3 is 209 Å². The van der Waals surface area contributed by atoms with Gasteiger partial charge in [-0.1, -0.05) is 24.3 Å². The van der Waals surface area contributed by atoms with Crippen molar-refractivity contribution in [2.24, 2.45) is 0 Å². The maximum Gasteiger partial charge on any atom is 0.337 e. The second-order valence-corrected chi connectivity index (χ2v) is 26.6. The Balaban J connectivity index is 0.903. The molecule has 0 amide bonds. The van der Waals surface area contributed by atoms with Gasteiger partial charge in [0.25, 0.3) is 0 Å². The largest absolute Gasteiger partial charge is 0.478 e. The number of aromatic carboxylic acids is 2. The van der Waals surface area contributed by atoms with Crippen LogP contribution >= 0.6 is 0 Å². The van der Waals surface area contributed by atoms with Crippen LogP contribution in [0.1, 0.15) is 20.7 Å². The van der Waals surface area contributed by atoms with E-state index in [2.05, 4.69) is 10.6 Å². The molecule has 30 fully saturated rings. The zero-order valence-corrected chi connectivity index (χ0v) is 55.5. The Morgan fingerprint density at radius 3 is 0.575 bits per heavy atom. The Morgan fingerprint density at radius 2 is 0.406 bits per heavy atom. The highest BCUT2D eigenvalue weighted by atomic mass is 16.8. The van der Waals surface area contributed by atoms with Crippen LogP contribution < -0.4 is 10.6 Å². The van der Waals surface area contributed by atoms with Crippen molar-refractivity contribution in [2.45, 2.75) is 246 Å². The average molecular weight is 1540 g/mol. The van der Waals surface area contributed by atoms with Crippen LogP contribution in [-0.4, -0.2) is 433 Å². The normalized spacial score (nSPS) is 47.8. The van der Waals surface area contributed by atoms with Crippen molar-refractivity contribution in [3.63, 3.8) is 0 Å². The molecule has 40 atom stereocenters. The molecule has 0 saturated carbocycles. The fourth-order valence-electron chi connectivity index (χ4n) is 14.0. The molecule has 30 saturated heterocycles. The molecule has 106 heavy (non-hydrogen) atoms. The summed E-state index contributed by atoms with van der Waals surface area (Å²) in [5.74, 6) is -2.85. The Labute approximate surface area is 598 Å². The SMILES string of the molecule is O=C(O)c1ccccc1NC[C@H]1O[C@@H]2O[C@H]3[C@@H](O)[C@H](O)[C@@H](O[C@H]4[C@@H](O)[C@H](O)[C@@H](O[C@H]5[C@H](O)[C@@H](O)[C@@H](O[C@H]6[C@@H](O)[C@H](O)[C@@H](O[C@H]7[C@H](O)[C@@H](O)[C@@H](O[C@H]8[C@H](O)[C@@H](O)[C@@H](O[C@H]9[C@H](O)[C@@H](O)[C@@H](O[C@H]1[C@H](O)[C@H]2O)O[C@H]9CO)O[C@@H]8CO)O[C@H]7CO)O[C@@H]6CO)O[C@@H]5CO)O[C@@H]4CNc1ccccc1C(=O)O)O[C@@H]3CO. The zero-order valence-electron chi connectivity index (χ0n) is 55.5. The van der Waals surface area contributed by atoms with Gasteiger partial charge in [0, 0.05) is 24.5 Å². The van der Waals surface area contributed by atoms with Crippen LogP contribution in [0.3, 0.4) is 0 Å². The number of hydrogen-bond acceptors (Lipinski definition) is 42. The summed E-state index contributed by atoms with van der Waals surface area (Å²) in [4.78, 5) is 24.6. The summed E-state index contributed by atoms with van der Waals surface area (Å²) in [6.45, 7) is -7.99. The molecular weight excluding hydrogens is 1440 g/mol. The van der Waals surface area contributed by atoms with Crippen molar-refractivity contribution in [3.05, 3.63) is 59.7 Å². The first-order chi connectivity index (χ1) is 50.6. The van der Waals surface area contributed by atoms with Gasteiger partial charge in [0.2, 0.25) is 0 Å². The molecule has 26 N–H and O–H groups in total. The molecule has 0 radical (unpaired) electrons. The summed E-state index contributed by atoms with van der Waals surface area (Å²) in [5, 5.41) is 277. The van der Waals surface area contributed by atoms with Gasteiger partial charge in [-0.15, -0.1) is 0 Å². The second-order valence-electron chi connectivity index (χ2n) is 26.6. The highest BCUT2D eigenvalue weighted by molar-refractivity contribution is 5.94. The maximum absolute atomic E-state index is 12.3. The highest BCUT2D eigenvalue weighted by Crippen LogP contribution is 2.40. The molecule has 600 valence electrons. The van der Waals surface area contributed by atoms with Crippen LogP contribution in [0.5, 0.6) is 0 Å². The lowest BCUT2D eigenvalue weighted by Crippen LogP contribution is -2.69. The smallest absolute Gasteiger partial charge is 0.337 e. The van der Waals surface area contributed by atoms with Crippen LogP contribution in [0.4, 0.5) is 11.4 Å². The van der Waals surface area contributed by atoms with Gasteiger partial charge in [-0.05, 0) is 24.3 Å². The number of carbonyl (C=O) groups is 2. The third-order valence-corrected chi connectivity index (χ3v) is 19.8. The highest BCUT2D eigenvalue weighted by Gasteiger charge is 2.61. The third-order valence-electron chi connectivity index (χ3n) is 19.8. The fraction of sp³-hybridized carbons (Fsp3) is 0.774. The van der Waals surface area contributed by atoms with E-state index >= 15 is 0 Å². The molecule has 2 aromatic rings. The standard InChI is InChI=1S/C62H90N2O42/c65-11-23-47-31(73)39(81)57(93-23)99-45-21(9-63-19-7-3-1-5-17(19)53(87)88)92-56(38(80)30(45)72)102-48-24(12-66)95-59(41(83)33(48)75)104-50-26(14-68)97-61(43(85)35(50)77)106-52-28(16-70)98-62(44(86)36(52)78)105-51-27(15-69)96-60(42(84)34(51)76)103-49-25(13-67)94-58(40(82)32(49)74)100-46-22(91-55(101-47)37(79)29(46)71)10-64-20-8-4-2-6-18(20)54(89)90/h1-8,21-52,55-86H,9-16H2,(H,87,88)(H,89,90)/t21-,22-,23-,24-,25+,26-,27-,28+,29-,30+,31+,32-,33-,34-,35+,36-,37-,38+,39+,40-,41-,42-,43+,44-,45-,46-,47-,48-,49-,50-,51-,52-,55-,56-,57-,58-,59-,60-,61-,62-/m1/s1. The van der Waals surface area contributed by atoms with Crippen LogP contribution in [0.2, 0.25) is 0 Å². The Morgan fingerprint density at radius 1 is 0.245 bits per heavy atom. The van der Waals surface area contributed by atoms with Crippen molar-refractivity contribution in [1.29, 1.82) is 0 Å². The first-order valence-electron chi connectivity index (χ1n) is 33.7. The molecule has 30 aliphatic heterocycles. The summed E-state index contributed by atoms with van der Waals surface area (Å²) < 4.78 is 94.2. The summed E-state index contributed by atoms with van der Waals surface area (Å²) in [6.07, 6.45) is -84.3. The number of anilines is 2. The lowest BCUT2D eigenvalue weighted by Gasteiger charge is -2.51. The lowest BCUT2D eigenvalue weighted by molar-refractivity contribution is -0.402. The van der Waals surface area contributed by atoms with E-state index in [-0.39, 0.29) is 22.5 Å². The minimum absolute atomic E-state index is 0.0714. The van der Waals surface area contributed by atoms with E-state index in [1.165, 1.54) is 48.5 Å². The number of carboxylic acid groups (broad SMARTS) is 2. The number of aliphatic hydroxyl groups excluding tert-OH is 22. The lowest BCUT2D eigenvalue weighted by atomic mass is 9.94. The fourth-order valence-corrected chi connectivity index (χ4v) is 14.0. The van der Waals surface area contributed by atoms with Crippen molar-refractivity contribution >= 4 is 23.3 Å². The van der Waals surface area contributed by atoms with Crippen LogP contribution in [0.25, 0.3) is 0 Å². The van der Waals surface area contributed by atoms with Gasteiger partial charge in [-0.25, -0.2) is 9.59 Å². The number of aliphatic hydroxyl groups is 22. The Bertz CT molecular complexity index is 3080. The molecule has 30 heterocycles. The van der Waals surface area contributed by atoms with Gasteiger partial charge in [-0.2, -0.15) is 0 Å². The molecule has 0 spiro atoms. The second kappa shape index (κ2) is 35.4. The van der Waals surface area contributed by atoms with E-state index in [0.717, 1.165) is 0 Å². The van der Waals surface area contributed by atoms with Crippen molar-refractivity contribution in [1.82, 2.24) is 0 Å². The van der Waals surface area contributed by atoms with E-state index in [1.807, 2.05) is 0 Å². The molecular formula is C62H90N2O42. The average Bonchev–Trinajstić information content (AvgIpc) is 0.774. The Kier molecular flexibility index (Phi) is 27.6. The van der Waals surface area contributed by atoms with Crippen LogP contribution in [-0.2, 0) is 75.8 Å².